The molecule has 4 rings (SSSR count). The molecule has 0 atom stereocenters. The van der Waals surface area contributed by atoms with E-state index in [9.17, 15) is 13.2 Å². The summed E-state index contributed by atoms with van der Waals surface area (Å²) >= 11 is 6.20. The number of sulfonamides is 1. The smallest absolute Gasteiger partial charge is 0.243 e. The Balaban J connectivity index is 1.51. The van der Waals surface area contributed by atoms with E-state index in [2.05, 4.69) is 10.3 Å². The Kier molecular flexibility index (Phi) is 5.60. The summed E-state index contributed by atoms with van der Waals surface area (Å²) in [4.78, 5) is 15.7. The van der Waals surface area contributed by atoms with Crippen LogP contribution in [0.2, 0.25) is 5.02 Å². The lowest BCUT2D eigenvalue weighted by Crippen LogP contribution is -2.40. The SMILES string of the molecule is O=C(Cc1ccc2[nH]ccc2c1)Nc1cc(S(=O)(=O)N2CCOCC2)ccc1Cl. The van der Waals surface area contributed by atoms with E-state index in [1.807, 2.05) is 30.5 Å². The molecule has 1 amide bonds. The van der Waals surface area contributed by atoms with Crippen molar-refractivity contribution in [2.24, 2.45) is 0 Å². The fourth-order valence-electron chi connectivity index (χ4n) is 3.29. The lowest BCUT2D eigenvalue weighted by molar-refractivity contribution is -0.115. The van der Waals surface area contributed by atoms with Crippen LogP contribution in [0.3, 0.4) is 0 Å². The predicted octanol–water partition coefficient (Wildman–Crippen LogP) is 3.02. The molecule has 7 nitrogen and oxygen atoms in total. The van der Waals surface area contributed by atoms with Gasteiger partial charge in [0, 0.05) is 24.8 Å². The highest BCUT2D eigenvalue weighted by Gasteiger charge is 2.27. The van der Waals surface area contributed by atoms with Crippen molar-refractivity contribution in [1.29, 1.82) is 0 Å². The molecular formula is C20H20ClN3O4S. The van der Waals surface area contributed by atoms with Crippen LogP contribution in [-0.2, 0) is 26.0 Å². The van der Waals surface area contributed by atoms with E-state index in [0.717, 1.165) is 16.5 Å². The lowest BCUT2D eigenvalue weighted by Gasteiger charge is -2.26. The second-order valence-corrected chi connectivity index (χ2v) is 9.13. The minimum Gasteiger partial charge on any atom is -0.379 e. The second kappa shape index (κ2) is 8.16. The first-order valence-electron chi connectivity index (χ1n) is 9.17. The Labute approximate surface area is 173 Å². The zero-order valence-corrected chi connectivity index (χ0v) is 17.1. The second-order valence-electron chi connectivity index (χ2n) is 6.78. The van der Waals surface area contributed by atoms with Gasteiger partial charge in [0.1, 0.15) is 0 Å². The molecule has 0 saturated carbocycles. The number of halogens is 1. The summed E-state index contributed by atoms with van der Waals surface area (Å²) in [6.45, 7) is 1.33. The minimum absolute atomic E-state index is 0.0906. The Morgan fingerprint density at radius 1 is 1.14 bits per heavy atom. The number of amides is 1. The average Bonchev–Trinajstić information content (AvgIpc) is 3.18. The van der Waals surface area contributed by atoms with E-state index in [1.54, 1.807) is 0 Å². The number of hydrogen-bond donors (Lipinski definition) is 2. The predicted molar refractivity (Wildman–Crippen MR) is 112 cm³/mol. The number of carbonyl (C=O) groups is 1. The van der Waals surface area contributed by atoms with Crippen LogP contribution in [-0.4, -0.2) is 49.9 Å². The van der Waals surface area contributed by atoms with Gasteiger partial charge in [0.15, 0.2) is 0 Å². The summed E-state index contributed by atoms with van der Waals surface area (Å²) in [5.74, 6) is -0.275. The number of anilines is 1. The van der Waals surface area contributed by atoms with Crippen molar-refractivity contribution in [2.75, 3.05) is 31.6 Å². The summed E-state index contributed by atoms with van der Waals surface area (Å²) in [7, 11) is -3.67. The number of aromatic nitrogens is 1. The highest BCUT2D eigenvalue weighted by atomic mass is 35.5. The molecule has 1 aromatic heterocycles. The van der Waals surface area contributed by atoms with Crippen molar-refractivity contribution in [3.8, 4) is 0 Å². The quantitative estimate of drug-likeness (QED) is 0.647. The number of carbonyl (C=O) groups excluding carboxylic acids is 1. The molecule has 0 aliphatic carbocycles. The molecule has 2 heterocycles. The van der Waals surface area contributed by atoms with Crippen LogP contribution in [0.1, 0.15) is 5.56 Å². The van der Waals surface area contributed by atoms with E-state index < -0.39 is 10.0 Å². The van der Waals surface area contributed by atoms with Crippen LogP contribution in [0.4, 0.5) is 5.69 Å². The third kappa shape index (κ3) is 4.30. The fourth-order valence-corrected chi connectivity index (χ4v) is 4.89. The number of fused-ring (bicyclic) bond motifs is 1. The highest BCUT2D eigenvalue weighted by molar-refractivity contribution is 7.89. The average molecular weight is 434 g/mol. The number of H-pyrrole nitrogens is 1. The van der Waals surface area contributed by atoms with Crippen LogP contribution in [0.15, 0.2) is 53.6 Å². The number of hydrogen-bond acceptors (Lipinski definition) is 4. The Morgan fingerprint density at radius 2 is 1.93 bits per heavy atom. The summed E-state index contributed by atoms with van der Waals surface area (Å²) in [6.07, 6.45) is 1.99. The van der Waals surface area contributed by atoms with Crippen molar-refractivity contribution in [2.45, 2.75) is 11.3 Å². The molecule has 152 valence electrons. The van der Waals surface area contributed by atoms with Gasteiger partial charge in [0.25, 0.3) is 0 Å². The van der Waals surface area contributed by atoms with Crippen molar-refractivity contribution in [3.05, 3.63) is 59.2 Å². The lowest BCUT2D eigenvalue weighted by atomic mass is 10.1. The van der Waals surface area contributed by atoms with Crippen molar-refractivity contribution in [1.82, 2.24) is 9.29 Å². The molecule has 29 heavy (non-hydrogen) atoms. The highest BCUT2D eigenvalue weighted by Crippen LogP contribution is 2.27. The van der Waals surface area contributed by atoms with Gasteiger partial charge in [-0.25, -0.2) is 8.42 Å². The van der Waals surface area contributed by atoms with Crippen molar-refractivity contribution in [3.63, 3.8) is 0 Å². The number of benzene rings is 2. The third-order valence-corrected chi connectivity index (χ3v) is 7.03. The van der Waals surface area contributed by atoms with Gasteiger partial charge in [0.05, 0.1) is 35.2 Å². The number of aromatic amines is 1. The summed E-state index contributed by atoms with van der Waals surface area (Å²) in [5, 5.41) is 4.03. The number of nitrogens with zero attached hydrogens (tertiary/aromatic N) is 1. The van der Waals surface area contributed by atoms with Crippen LogP contribution in [0, 0.1) is 0 Å². The normalized spacial score (nSPS) is 15.5. The van der Waals surface area contributed by atoms with Gasteiger partial charge in [0.2, 0.25) is 15.9 Å². The van der Waals surface area contributed by atoms with Crippen molar-refractivity contribution >= 4 is 44.1 Å². The maximum Gasteiger partial charge on any atom is 0.243 e. The summed E-state index contributed by atoms with van der Waals surface area (Å²) in [5.41, 5.74) is 2.12. The Hall–Kier alpha value is -2.39. The van der Waals surface area contributed by atoms with Gasteiger partial charge < -0.3 is 15.0 Å². The maximum absolute atomic E-state index is 12.8. The standard InChI is InChI=1S/C20H20ClN3O4S/c21-17-3-2-16(29(26,27)24-7-9-28-10-8-24)13-19(17)23-20(25)12-14-1-4-18-15(11-14)5-6-22-18/h1-6,11,13,22H,7-10,12H2,(H,23,25). The van der Waals surface area contributed by atoms with Gasteiger partial charge in [-0.3, -0.25) is 4.79 Å². The molecule has 2 aromatic carbocycles. The fraction of sp³-hybridized carbons (Fsp3) is 0.250. The molecule has 1 saturated heterocycles. The molecule has 9 heteroatoms. The van der Waals surface area contributed by atoms with Crippen LogP contribution < -0.4 is 5.32 Å². The molecule has 0 bridgehead atoms. The van der Waals surface area contributed by atoms with Crippen LogP contribution >= 0.6 is 11.6 Å². The molecule has 2 N–H and O–H groups in total. The van der Waals surface area contributed by atoms with Gasteiger partial charge in [-0.2, -0.15) is 4.31 Å². The first-order valence-corrected chi connectivity index (χ1v) is 11.0. The van der Waals surface area contributed by atoms with Crippen molar-refractivity contribution < 1.29 is 17.9 Å². The molecule has 1 aliphatic heterocycles. The van der Waals surface area contributed by atoms with E-state index in [4.69, 9.17) is 16.3 Å². The summed E-state index contributed by atoms with van der Waals surface area (Å²) < 4.78 is 32.3. The third-order valence-electron chi connectivity index (χ3n) is 4.80. The summed E-state index contributed by atoms with van der Waals surface area (Å²) in [6, 6.07) is 12.0. The monoisotopic (exact) mass is 433 g/mol. The molecular weight excluding hydrogens is 414 g/mol. The van der Waals surface area contributed by atoms with Crippen LogP contribution in [0.5, 0.6) is 0 Å². The topological polar surface area (TPSA) is 91.5 Å². The minimum atomic E-state index is -3.67. The number of nitrogens with one attached hydrogen (secondary N) is 2. The molecule has 0 spiro atoms. The van der Waals surface area contributed by atoms with Gasteiger partial charge in [-0.05, 0) is 47.3 Å². The largest absolute Gasteiger partial charge is 0.379 e. The maximum atomic E-state index is 12.8. The molecule has 1 aliphatic rings. The Bertz CT molecular complexity index is 1150. The van der Waals surface area contributed by atoms with Gasteiger partial charge in [-0.1, -0.05) is 17.7 Å². The number of rotatable bonds is 5. The zero-order valence-electron chi connectivity index (χ0n) is 15.5. The zero-order chi connectivity index (χ0) is 20.4. The van der Waals surface area contributed by atoms with E-state index in [0.29, 0.717) is 26.3 Å². The number of ether oxygens (including phenoxy) is 1. The van der Waals surface area contributed by atoms with E-state index >= 15 is 0 Å². The Morgan fingerprint density at radius 3 is 2.72 bits per heavy atom. The van der Waals surface area contributed by atoms with Crippen LogP contribution in [0.25, 0.3) is 10.9 Å². The van der Waals surface area contributed by atoms with Gasteiger partial charge >= 0.3 is 0 Å². The molecule has 1 fully saturated rings. The first kappa shape index (κ1) is 19.9. The first-order chi connectivity index (χ1) is 13.9. The molecule has 3 aromatic rings. The van der Waals surface area contributed by atoms with Gasteiger partial charge in [-0.15, -0.1) is 0 Å². The van der Waals surface area contributed by atoms with E-state index in [-0.39, 0.29) is 27.9 Å². The molecule has 0 unspecified atom stereocenters. The molecule has 0 radical (unpaired) electrons. The number of morpholine rings is 1. The van der Waals surface area contributed by atoms with E-state index in [1.165, 1.54) is 22.5 Å².